The van der Waals surface area contributed by atoms with Crippen molar-refractivity contribution in [3.8, 4) is 0 Å². The third-order valence-corrected chi connectivity index (χ3v) is 4.80. The number of fused-ring (bicyclic) bond motifs is 1. The van der Waals surface area contributed by atoms with E-state index < -0.39 is 18.1 Å². The van der Waals surface area contributed by atoms with Crippen LogP contribution in [0.1, 0.15) is 33.9 Å². The Morgan fingerprint density at radius 3 is 2.73 bits per heavy atom. The molecule has 0 aromatic heterocycles. The fourth-order valence-corrected chi connectivity index (χ4v) is 3.66. The maximum atomic E-state index is 12.7. The van der Waals surface area contributed by atoms with E-state index in [-0.39, 0.29) is 12.3 Å². The molecule has 1 heterocycles. The van der Waals surface area contributed by atoms with Crippen molar-refractivity contribution in [1.82, 2.24) is 5.32 Å². The first-order valence-corrected chi connectivity index (χ1v) is 8.72. The summed E-state index contributed by atoms with van der Waals surface area (Å²) >= 11 is 12.3. The van der Waals surface area contributed by atoms with Crippen molar-refractivity contribution in [1.29, 1.82) is 0 Å². The molecule has 0 saturated heterocycles. The summed E-state index contributed by atoms with van der Waals surface area (Å²) in [5.41, 5.74) is 8.02. The van der Waals surface area contributed by atoms with Gasteiger partial charge >= 0.3 is 5.97 Å². The average Bonchev–Trinajstić information content (AvgIpc) is 2.60. The van der Waals surface area contributed by atoms with E-state index in [2.05, 4.69) is 10.6 Å². The fourth-order valence-electron chi connectivity index (χ4n) is 3.03. The molecule has 5 N–H and O–H groups in total. The summed E-state index contributed by atoms with van der Waals surface area (Å²) in [4.78, 5) is 24.1. The van der Waals surface area contributed by atoms with Crippen LogP contribution in [0.3, 0.4) is 0 Å². The topological polar surface area (TPSA) is 104 Å². The monoisotopic (exact) mass is 393 g/mol. The summed E-state index contributed by atoms with van der Waals surface area (Å²) in [7, 11) is 0. The molecule has 2 atom stereocenters. The predicted molar refractivity (Wildman–Crippen MR) is 101 cm³/mol. The van der Waals surface area contributed by atoms with Crippen LogP contribution in [0.25, 0.3) is 0 Å². The lowest BCUT2D eigenvalue weighted by Gasteiger charge is -2.32. The molecule has 0 bridgehead atoms. The van der Waals surface area contributed by atoms with E-state index >= 15 is 0 Å². The summed E-state index contributed by atoms with van der Waals surface area (Å²) in [6, 6.07) is 8.70. The molecule has 6 nitrogen and oxygen atoms in total. The molecular formula is C18H17Cl2N3O3. The van der Waals surface area contributed by atoms with Crippen molar-refractivity contribution in [2.45, 2.75) is 25.0 Å². The molecule has 0 aliphatic carbocycles. The average molecular weight is 394 g/mol. The van der Waals surface area contributed by atoms with E-state index in [0.717, 1.165) is 5.56 Å². The number of amides is 1. The maximum Gasteiger partial charge on any atom is 0.326 e. The zero-order valence-corrected chi connectivity index (χ0v) is 15.1. The summed E-state index contributed by atoms with van der Waals surface area (Å²) < 4.78 is 0. The van der Waals surface area contributed by atoms with Crippen LogP contribution < -0.4 is 16.4 Å². The van der Waals surface area contributed by atoms with Crippen molar-refractivity contribution >= 4 is 40.8 Å². The van der Waals surface area contributed by atoms with Gasteiger partial charge in [0.2, 0.25) is 0 Å². The molecule has 3 rings (SSSR count). The highest BCUT2D eigenvalue weighted by Gasteiger charge is 2.33. The predicted octanol–water partition coefficient (Wildman–Crippen LogP) is 3.19. The van der Waals surface area contributed by atoms with E-state index in [4.69, 9.17) is 28.9 Å². The first-order chi connectivity index (χ1) is 12.4. The Bertz CT molecular complexity index is 873. The standard InChI is InChI=1S/C18H17Cl2N3O3/c19-11-5-12(20)16-13(6-11)22-15(18(25)26)7-14(16)23-17(24)10-3-1-2-9(4-10)8-21/h1-6,14-15,22H,7-8,21H2,(H,23,24)(H,25,26)/t14-,15+/m0/s1. The van der Waals surface area contributed by atoms with Gasteiger partial charge in [0.05, 0.1) is 6.04 Å². The number of nitrogens with one attached hydrogen (secondary N) is 2. The molecule has 0 spiro atoms. The normalized spacial score (nSPS) is 18.6. The van der Waals surface area contributed by atoms with Gasteiger partial charge in [-0.15, -0.1) is 0 Å². The number of aliphatic carboxylic acids is 1. The van der Waals surface area contributed by atoms with E-state index in [1.54, 1.807) is 30.3 Å². The molecule has 0 saturated carbocycles. The van der Waals surface area contributed by atoms with Crippen LogP contribution in [0.15, 0.2) is 36.4 Å². The molecule has 2 aromatic carbocycles. The van der Waals surface area contributed by atoms with Crippen molar-refractivity contribution in [2.24, 2.45) is 5.73 Å². The lowest BCUT2D eigenvalue weighted by Crippen LogP contribution is -2.41. The van der Waals surface area contributed by atoms with Crippen LogP contribution in [-0.4, -0.2) is 23.0 Å². The number of carboxylic acid groups (broad SMARTS) is 1. The lowest BCUT2D eigenvalue weighted by molar-refractivity contribution is -0.138. The van der Waals surface area contributed by atoms with Crippen molar-refractivity contribution < 1.29 is 14.7 Å². The van der Waals surface area contributed by atoms with Gasteiger partial charge in [0.1, 0.15) is 6.04 Å². The van der Waals surface area contributed by atoms with Crippen LogP contribution in [0, 0.1) is 0 Å². The molecule has 2 aromatic rings. The molecule has 26 heavy (non-hydrogen) atoms. The molecule has 8 heteroatoms. The summed E-state index contributed by atoms with van der Waals surface area (Å²) in [5.74, 6) is -1.34. The van der Waals surface area contributed by atoms with Crippen LogP contribution in [-0.2, 0) is 11.3 Å². The first-order valence-electron chi connectivity index (χ1n) is 7.97. The number of halogens is 2. The Hall–Kier alpha value is -2.28. The molecule has 1 aliphatic rings. The molecule has 136 valence electrons. The van der Waals surface area contributed by atoms with Crippen molar-refractivity contribution in [3.05, 3.63) is 63.1 Å². The number of carbonyl (C=O) groups excluding carboxylic acids is 1. The number of carboxylic acids is 1. The Balaban J connectivity index is 1.93. The SMILES string of the molecule is NCc1cccc(C(=O)N[C@H]2C[C@H](C(=O)O)Nc3cc(Cl)cc(Cl)c32)c1. The maximum absolute atomic E-state index is 12.7. The fraction of sp³-hybridized carbons (Fsp3) is 0.222. The largest absolute Gasteiger partial charge is 0.480 e. The third-order valence-electron chi connectivity index (χ3n) is 4.27. The van der Waals surface area contributed by atoms with Gasteiger partial charge in [-0.2, -0.15) is 0 Å². The quantitative estimate of drug-likeness (QED) is 0.638. The van der Waals surface area contributed by atoms with Gasteiger partial charge in [0, 0.05) is 39.8 Å². The molecule has 0 radical (unpaired) electrons. The number of hydrogen-bond acceptors (Lipinski definition) is 4. The number of rotatable bonds is 4. The summed E-state index contributed by atoms with van der Waals surface area (Å²) in [6.07, 6.45) is 0.159. The highest BCUT2D eigenvalue weighted by molar-refractivity contribution is 6.35. The van der Waals surface area contributed by atoms with Crippen LogP contribution in [0.5, 0.6) is 0 Å². The number of nitrogens with two attached hydrogens (primary N) is 1. The van der Waals surface area contributed by atoms with Crippen molar-refractivity contribution in [3.63, 3.8) is 0 Å². The van der Waals surface area contributed by atoms with Gasteiger partial charge in [-0.3, -0.25) is 4.79 Å². The highest BCUT2D eigenvalue weighted by Crippen LogP contribution is 2.40. The number of benzene rings is 2. The Morgan fingerprint density at radius 2 is 2.04 bits per heavy atom. The third kappa shape index (κ3) is 3.77. The Kier molecular flexibility index (Phi) is 5.36. The minimum atomic E-state index is -1.02. The van der Waals surface area contributed by atoms with E-state index in [0.29, 0.717) is 33.4 Å². The van der Waals surface area contributed by atoms with Gasteiger partial charge in [-0.05, 0) is 29.8 Å². The number of hydrogen-bond donors (Lipinski definition) is 4. The minimum absolute atomic E-state index is 0.159. The minimum Gasteiger partial charge on any atom is -0.480 e. The van der Waals surface area contributed by atoms with Crippen LogP contribution >= 0.6 is 23.2 Å². The number of carbonyl (C=O) groups is 2. The van der Waals surface area contributed by atoms with Crippen LogP contribution in [0.2, 0.25) is 10.0 Å². The molecular weight excluding hydrogens is 377 g/mol. The van der Waals surface area contributed by atoms with E-state index in [1.165, 1.54) is 0 Å². The summed E-state index contributed by atoms with van der Waals surface area (Å²) in [5, 5.41) is 15.9. The van der Waals surface area contributed by atoms with Gasteiger partial charge in [0.25, 0.3) is 5.91 Å². The second-order valence-corrected chi connectivity index (χ2v) is 6.89. The van der Waals surface area contributed by atoms with Crippen molar-refractivity contribution in [2.75, 3.05) is 5.32 Å². The van der Waals surface area contributed by atoms with Gasteiger partial charge < -0.3 is 21.5 Å². The van der Waals surface area contributed by atoms with Gasteiger partial charge in [-0.25, -0.2) is 4.79 Å². The zero-order valence-electron chi connectivity index (χ0n) is 13.6. The van der Waals surface area contributed by atoms with E-state index in [9.17, 15) is 14.7 Å². The Morgan fingerprint density at radius 1 is 1.27 bits per heavy atom. The zero-order chi connectivity index (χ0) is 18.8. The summed E-state index contributed by atoms with van der Waals surface area (Å²) in [6.45, 7) is 0.322. The van der Waals surface area contributed by atoms with Gasteiger partial charge in [-0.1, -0.05) is 35.3 Å². The molecule has 1 amide bonds. The second kappa shape index (κ2) is 7.53. The van der Waals surface area contributed by atoms with E-state index in [1.807, 2.05) is 6.07 Å². The highest BCUT2D eigenvalue weighted by atomic mass is 35.5. The number of anilines is 1. The molecule has 0 fully saturated rings. The second-order valence-electron chi connectivity index (χ2n) is 6.05. The smallest absolute Gasteiger partial charge is 0.326 e. The molecule has 1 aliphatic heterocycles. The van der Waals surface area contributed by atoms with Crippen LogP contribution in [0.4, 0.5) is 5.69 Å². The Labute approximate surface area is 160 Å². The van der Waals surface area contributed by atoms with Gasteiger partial charge in [0.15, 0.2) is 0 Å². The first kappa shape index (κ1) is 18.5. The molecule has 0 unspecified atom stereocenters. The lowest BCUT2D eigenvalue weighted by atomic mass is 9.92.